The van der Waals surface area contributed by atoms with E-state index in [9.17, 15) is 0 Å². The number of allylic oxidation sites excluding steroid dienone is 1. The maximum absolute atomic E-state index is 7.06. The molecule has 0 saturated carbocycles. The van der Waals surface area contributed by atoms with E-state index in [1.54, 1.807) is 0 Å². The van der Waals surface area contributed by atoms with Crippen molar-refractivity contribution in [3.8, 4) is 0 Å². The van der Waals surface area contributed by atoms with E-state index in [2.05, 4.69) is 11.4 Å². The molecule has 0 atom stereocenters. The van der Waals surface area contributed by atoms with Gasteiger partial charge in [-0.2, -0.15) is 0 Å². The first-order valence-electron chi connectivity index (χ1n) is 3.71. The van der Waals surface area contributed by atoms with Crippen LogP contribution in [0.5, 0.6) is 0 Å². The van der Waals surface area contributed by atoms with Crippen molar-refractivity contribution in [2.45, 2.75) is 6.42 Å². The highest BCUT2D eigenvalue weighted by atomic mass is 14.8. The van der Waals surface area contributed by atoms with Gasteiger partial charge in [-0.05, 0) is 18.5 Å². The van der Waals surface area contributed by atoms with Crippen LogP contribution in [0.25, 0.3) is 0 Å². The lowest BCUT2D eigenvalue weighted by Crippen LogP contribution is -2.21. The van der Waals surface area contributed by atoms with Gasteiger partial charge in [-0.1, -0.05) is 6.08 Å². The third-order valence-corrected chi connectivity index (χ3v) is 1.77. The zero-order valence-electron chi connectivity index (χ0n) is 6.43. The molecule has 0 aromatic heterocycles. The van der Waals surface area contributed by atoms with Crippen LogP contribution < -0.4 is 11.1 Å². The number of rotatable bonds is 2. The van der Waals surface area contributed by atoms with E-state index in [1.807, 2.05) is 0 Å². The number of hydrogen-bond donors (Lipinski definition) is 3. The van der Waals surface area contributed by atoms with Crippen LogP contribution in [0.15, 0.2) is 23.4 Å². The quantitative estimate of drug-likeness (QED) is 0.500. The molecule has 0 aromatic carbocycles. The first-order valence-corrected chi connectivity index (χ1v) is 3.71. The summed E-state index contributed by atoms with van der Waals surface area (Å²) in [5, 5.41) is 10.3. The van der Waals surface area contributed by atoms with Crippen LogP contribution in [0, 0.1) is 5.41 Å². The van der Waals surface area contributed by atoms with Crippen molar-refractivity contribution in [1.29, 1.82) is 5.41 Å². The van der Waals surface area contributed by atoms with Crippen molar-refractivity contribution < 1.29 is 0 Å². The molecule has 60 valence electrons. The molecule has 1 rings (SSSR count). The van der Waals surface area contributed by atoms with E-state index in [4.69, 9.17) is 11.1 Å². The molecule has 0 aliphatic carbocycles. The Bertz CT molecular complexity index is 203. The van der Waals surface area contributed by atoms with E-state index in [-0.39, 0.29) is 0 Å². The first-order chi connectivity index (χ1) is 5.38. The van der Waals surface area contributed by atoms with Gasteiger partial charge in [0.25, 0.3) is 0 Å². The van der Waals surface area contributed by atoms with Gasteiger partial charge in [0.05, 0.1) is 0 Å². The van der Waals surface area contributed by atoms with Crippen molar-refractivity contribution in [3.63, 3.8) is 0 Å². The summed E-state index contributed by atoms with van der Waals surface area (Å²) >= 11 is 0. The van der Waals surface area contributed by atoms with Gasteiger partial charge >= 0.3 is 0 Å². The summed E-state index contributed by atoms with van der Waals surface area (Å²) in [6.07, 6.45) is 5.84. The Morgan fingerprint density at radius 3 is 3.00 bits per heavy atom. The fraction of sp³-hybridized carbons (Fsp3) is 0.375. The van der Waals surface area contributed by atoms with Crippen molar-refractivity contribution in [3.05, 3.63) is 23.4 Å². The minimum Gasteiger partial charge on any atom is -0.404 e. The monoisotopic (exact) mass is 151 g/mol. The summed E-state index contributed by atoms with van der Waals surface area (Å²) in [5.74, 6) is 0. The Hall–Kier alpha value is -1.09. The SMILES string of the molecule is N=C/C(=C\N)C1=CCNCC1. The summed E-state index contributed by atoms with van der Waals surface area (Å²) in [5.41, 5.74) is 7.36. The lowest BCUT2D eigenvalue weighted by Gasteiger charge is -2.13. The molecule has 0 spiro atoms. The van der Waals surface area contributed by atoms with E-state index >= 15 is 0 Å². The second kappa shape index (κ2) is 3.93. The molecule has 0 fully saturated rings. The molecule has 3 heteroatoms. The topological polar surface area (TPSA) is 61.9 Å². The summed E-state index contributed by atoms with van der Waals surface area (Å²) < 4.78 is 0. The Balaban J connectivity index is 2.71. The highest BCUT2D eigenvalue weighted by Crippen LogP contribution is 2.12. The minimum absolute atomic E-state index is 0.839. The highest BCUT2D eigenvalue weighted by molar-refractivity contribution is 5.82. The molecule has 1 aliphatic rings. The van der Waals surface area contributed by atoms with Crippen LogP contribution in [0.1, 0.15) is 6.42 Å². The summed E-state index contributed by atoms with van der Waals surface area (Å²) in [6.45, 7) is 1.87. The van der Waals surface area contributed by atoms with E-state index in [1.165, 1.54) is 18.0 Å². The van der Waals surface area contributed by atoms with Crippen molar-refractivity contribution in [2.24, 2.45) is 5.73 Å². The molecule has 0 radical (unpaired) electrons. The van der Waals surface area contributed by atoms with Gasteiger partial charge in [-0.15, -0.1) is 0 Å². The number of hydrogen-bond acceptors (Lipinski definition) is 3. The molecule has 11 heavy (non-hydrogen) atoms. The summed E-state index contributed by atoms with van der Waals surface area (Å²) in [4.78, 5) is 0. The zero-order chi connectivity index (χ0) is 8.10. The second-order valence-electron chi connectivity index (χ2n) is 2.45. The van der Waals surface area contributed by atoms with Gasteiger partial charge in [-0.25, -0.2) is 0 Å². The average Bonchev–Trinajstić information content (AvgIpc) is 2.09. The van der Waals surface area contributed by atoms with Crippen LogP contribution in [-0.2, 0) is 0 Å². The number of nitrogens with one attached hydrogen (secondary N) is 2. The molecule has 4 N–H and O–H groups in total. The lowest BCUT2D eigenvalue weighted by atomic mass is 10.0. The van der Waals surface area contributed by atoms with E-state index < -0.39 is 0 Å². The van der Waals surface area contributed by atoms with Crippen molar-refractivity contribution in [2.75, 3.05) is 13.1 Å². The molecule has 0 bridgehead atoms. The van der Waals surface area contributed by atoms with E-state index in [0.29, 0.717) is 0 Å². The van der Waals surface area contributed by atoms with Crippen LogP contribution in [0.3, 0.4) is 0 Å². The molecule has 0 amide bonds. The third-order valence-electron chi connectivity index (χ3n) is 1.77. The maximum atomic E-state index is 7.06. The second-order valence-corrected chi connectivity index (χ2v) is 2.45. The molecule has 0 unspecified atom stereocenters. The van der Waals surface area contributed by atoms with Crippen molar-refractivity contribution in [1.82, 2.24) is 5.32 Å². The fourth-order valence-corrected chi connectivity index (χ4v) is 1.13. The first kappa shape index (κ1) is 8.01. The highest BCUT2D eigenvalue weighted by Gasteiger charge is 2.04. The standard InChI is InChI=1S/C8H13N3/c9-5-8(6-10)7-1-3-11-4-2-7/h1,5-6,9,11H,2-4,10H2/b8-6+,9-5?. The molecule has 3 nitrogen and oxygen atoms in total. The Morgan fingerprint density at radius 1 is 1.73 bits per heavy atom. The van der Waals surface area contributed by atoms with Gasteiger partial charge in [0, 0.05) is 24.5 Å². The van der Waals surface area contributed by atoms with Crippen molar-refractivity contribution >= 4 is 6.21 Å². The Labute approximate surface area is 66.5 Å². The summed E-state index contributed by atoms with van der Waals surface area (Å²) in [6, 6.07) is 0. The van der Waals surface area contributed by atoms with E-state index in [0.717, 1.165) is 25.1 Å². The van der Waals surface area contributed by atoms with Gasteiger partial charge < -0.3 is 16.5 Å². The van der Waals surface area contributed by atoms with Crippen LogP contribution in [-0.4, -0.2) is 19.3 Å². The smallest absolute Gasteiger partial charge is 0.0267 e. The third kappa shape index (κ3) is 1.91. The molecular formula is C8H13N3. The van der Waals surface area contributed by atoms with Crippen LogP contribution >= 0.6 is 0 Å². The molecule has 0 aromatic rings. The lowest BCUT2D eigenvalue weighted by molar-refractivity contribution is 0.710. The van der Waals surface area contributed by atoms with Gasteiger partial charge in [-0.3, -0.25) is 0 Å². The Kier molecular flexibility index (Phi) is 2.86. The van der Waals surface area contributed by atoms with Crippen LogP contribution in [0.4, 0.5) is 0 Å². The minimum atomic E-state index is 0.839. The summed E-state index contributed by atoms with van der Waals surface area (Å²) in [7, 11) is 0. The Morgan fingerprint density at radius 2 is 2.55 bits per heavy atom. The largest absolute Gasteiger partial charge is 0.404 e. The molecule has 0 saturated heterocycles. The van der Waals surface area contributed by atoms with Crippen LogP contribution in [0.2, 0.25) is 0 Å². The fourth-order valence-electron chi connectivity index (χ4n) is 1.13. The van der Waals surface area contributed by atoms with Gasteiger partial charge in [0.2, 0.25) is 0 Å². The predicted molar refractivity (Wildman–Crippen MR) is 46.6 cm³/mol. The normalized spacial score (nSPS) is 19.3. The zero-order valence-corrected chi connectivity index (χ0v) is 6.43. The molecular weight excluding hydrogens is 138 g/mol. The van der Waals surface area contributed by atoms with Gasteiger partial charge in [0.1, 0.15) is 0 Å². The molecule has 1 aliphatic heterocycles. The number of nitrogens with two attached hydrogens (primary N) is 1. The average molecular weight is 151 g/mol. The predicted octanol–water partition coefficient (Wildman–Crippen LogP) is 0.398. The van der Waals surface area contributed by atoms with Gasteiger partial charge in [0.15, 0.2) is 0 Å². The molecule has 1 heterocycles. The maximum Gasteiger partial charge on any atom is 0.0267 e.